The van der Waals surface area contributed by atoms with Gasteiger partial charge in [0, 0.05) is 5.92 Å². The SMILES string of the molecule is CC(=O)C12c3ccccc3C(c3ccccc31)[C@@H]1C(=O)N(c3ccc(C(=O)O)cc3)C(=O)[C@H]12. The molecule has 1 heterocycles. The Morgan fingerprint density at radius 3 is 1.88 bits per heavy atom. The van der Waals surface area contributed by atoms with E-state index in [1.807, 2.05) is 48.5 Å². The van der Waals surface area contributed by atoms with Crippen LogP contribution >= 0.6 is 0 Å². The minimum Gasteiger partial charge on any atom is -0.478 e. The highest BCUT2D eigenvalue weighted by Crippen LogP contribution is 2.64. The van der Waals surface area contributed by atoms with Gasteiger partial charge < -0.3 is 5.11 Å². The predicted molar refractivity (Wildman–Crippen MR) is 119 cm³/mol. The average molecular weight is 437 g/mol. The molecule has 0 radical (unpaired) electrons. The molecule has 2 bridgehead atoms. The molecule has 1 aliphatic heterocycles. The molecular weight excluding hydrogens is 418 g/mol. The van der Waals surface area contributed by atoms with Crippen molar-refractivity contribution in [3.63, 3.8) is 0 Å². The lowest BCUT2D eigenvalue weighted by Gasteiger charge is -2.52. The molecule has 0 spiro atoms. The van der Waals surface area contributed by atoms with Crippen LogP contribution in [0, 0.1) is 11.8 Å². The van der Waals surface area contributed by atoms with Crippen LogP contribution in [0.4, 0.5) is 5.69 Å². The summed E-state index contributed by atoms with van der Waals surface area (Å²) in [4.78, 5) is 53.6. The molecule has 6 nitrogen and oxygen atoms in total. The molecule has 0 unspecified atom stereocenters. The van der Waals surface area contributed by atoms with Crippen LogP contribution in [0.1, 0.15) is 45.5 Å². The second kappa shape index (κ2) is 6.48. The fourth-order valence-corrected chi connectivity index (χ4v) is 6.38. The maximum Gasteiger partial charge on any atom is 0.335 e. The topological polar surface area (TPSA) is 91.8 Å². The van der Waals surface area contributed by atoms with Gasteiger partial charge in [-0.1, -0.05) is 48.5 Å². The van der Waals surface area contributed by atoms with Gasteiger partial charge in [-0.25, -0.2) is 9.69 Å². The molecule has 4 aliphatic rings. The van der Waals surface area contributed by atoms with E-state index in [1.165, 1.54) is 31.2 Å². The Bertz CT molecular complexity index is 1340. The maximum atomic E-state index is 13.9. The number of aromatic carboxylic acids is 1. The molecule has 1 N–H and O–H groups in total. The van der Waals surface area contributed by atoms with Gasteiger partial charge >= 0.3 is 5.97 Å². The lowest BCUT2D eigenvalue weighted by Crippen LogP contribution is -2.57. The monoisotopic (exact) mass is 437 g/mol. The van der Waals surface area contributed by atoms with Gasteiger partial charge in [0.15, 0.2) is 0 Å². The van der Waals surface area contributed by atoms with Gasteiger partial charge in [-0.15, -0.1) is 0 Å². The van der Waals surface area contributed by atoms with E-state index in [1.54, 1.807) is 0 Å². The molecular formula is C27H19NO5. The Kier molecular flexibility index (Phi) is 3.85. The Balaban J connectivity index is 1.61. The first-order chi connectivity index (χ1) is 15.9. The van der Waals surface area contributed by atoms with Crippen LogP contribution in [0.5, 0.6) is 0 Å². The summed E-state index contributed by atoms with van der Waals surface area (Å²) in [7, 11) is 0. The summed E-state index contributed by atoms with van der Waals surface area (Å²) >= 11 is 0. The Morgan fingerprint density at radius 1 is 0.818 bits per heavy atom. The number of carboxylic acids is 1. The summed E-state index contributed by atoms with van der Waals surface area (Å²) in [6.45, 7) is 1.50. The average Bonchev–Trinajstić information content (AvgIpc) is 3.09. The number of carbonyl (C=O) groups is 4. The van der Waals surface area contributed by atoms with E-state index >= 15 is 0 Å². The highest BCUT2D eigenvalue weighted by Gasteiger charge is 2.69. The Morgan fingerprint density at radius 2 is 1.36 bits per heavy atom. The lowest BCUT2D eigenvalue weighted by atomic mass is 9.46. The van der Waals surface area contributed by atoms with E-state index in [9.17, 15) is 24.3 Å². The van der Waals surface area contributed by atoms with Crippen LogP contribution in [0.25, 0.3) is 0 Å². The summed E-state index contributed by atoms with van der Waals surface area (Å²) in [6.07, 6.45) is 0. The van der Waals surface area contributed by atoms with E-state index < -0.39 is 29.1 Å². The highest BCUT2D eigenvalue weighted by molar-refractivity contribution is 6.25. The highest BCUT2D eigenvalue weighted by atomic mass is 16.4. The van der Waals surface area contributed by atoms with E-state index in [4.69, 9.17) is 0 Å². The number of Topliss-reactive ketones (excluding diaryl/α,β-unsaturated/α-hetero) is 1. The lowest BCUT2D eigenvalue weighted by molar-refractivity contribution is -0.132. The largest absolute Gasteiger partial charge is 0.478 e. The van der Waals surface area contributed by atoms with Crippen molar-refractivity contribution in [2.24, 2.45) is 11.8 Å². The van der Waals surface area contributed by atoms with Gasteiger partial charge in [-0.2, -0.15) is 0 Å². The van der Waals surface area contributed by atoms with E-state index in [2.05, 4.69) is 0 Å². The third-order valence-corrected chi connectivity index (χ3v) is 7.55. The zero-order chi connectivity index (χ0) is 23.1. The first-order valence-electron chi connectivity index (χ1n) is 10.8. The van der Waals surface area contributed by atoms with Crippen LogP contribution in [-0.4, -0.2) is 28.7 Å². The summed E-state index contributed by atoms with van der Waals surface area (Å²) in [5.41, 5.74) is 2.56. The normalized spacial score (nSPS) is 26.6. The van der Waals surface area contributed by atoms with Crippen molar-refractivity contribution in [1.82, 2.24) is 0 Å². The van der Waals surface area contributed by atoms with Gasteiger partial charge in [-0.05, 0) is 53.4 Å². The number of hydrogen-bond acceptors (Lipinski definition) is 4. The van der Waals surface area contributed by atoms with Crippen molar-refractivity contribution in [2.75, 3.05) is 4.90 Å². The minimum atomic E-state index is -1.24. The minimum absolute atomic E-state index is 0.0651. The number of carbonyl (C=O) groups excluding carboxylic acids is 3. The molecule has 1 fully saturated rings. The number of imide groups is 1. The Hall–Kier alpha value is -4.06. The first kappa shape index (κ1) is 19.6. The molecule has 0 aromatic heterocycles. The summed E-state index contributed by atoms with van der Waals surface area (Å²) < 4.78 is 0. The summed E-state index contributed by atoms with van der Waals surface area (Å²) in [5.74, 6) is -3.91. The molecule has 3 aliphatic carbocycles. The first-order valence-corrected chi connectivity index (χ1v) is 10.8. The number of ketones is 1. The molecule has 6 heteroatoms. The molecule has 1 saturated heterocycles. The van der Waals surface area contributed by atoms with E-state index in [0.29, 0.717) is 5.69 Å². The molecule has 3 aromatic rings. The molecule has 2 atom stereocenters. The zero-order valence-electron chi connectivity index (χ0n) is 17.7. The van der Waals surface area contributed by atoms with Crippen molar-refractivity contribution >= 4 is 29.3 Å². The summed E-state index contributed by atoms with van der Waals surface area (Å²) in [5, 5.41) is 9.20. The third-order valence-electron chi connectivity index (χ3n) is 7.55. The second-order valence-electron chi connectivity index (χ2n) is 8.88. The molecule has 2 amide bonds. The van der Waals surface area contributed by atoms with Gasteiger partial charge in [0.2, 0.25) is 11.8 Å². The smallest absolute Gasteiger partial charge is 0.335 e. The number of carboxylic acid groups (broad SMARTS) is 1. The quantitative estimate of drug-likeness (QED) is 0.633. The van der Waals surface area contributed by atoms with Crippen molar-refractivity contribution in [3.8, 4) is 0 Å². The number of amides is 2. The maximum absolute atomic E-state index is 13.9. The van der Waals surface area contributed by atoms with Gasteiger partial charge in [0.1, 0.15) is 5.78 Å². The standard InChI is InChI=1S/C27H19NO5/c1-14(29)27-19-8-4-2-6-17(19)21(18-7-3-5-9-20(18)27)22-23(27)25(31)28(24(22)30)16-12-10-15(11-13-16)26(32)33/h2-13,21-23H,1H3,(H,32,33)/t21?,22-,23-,27?/m0/s1. The van der Waals surface area contributed by atoms with Crippen LogP contribution in [0.15, 0.2) is 72.8 Å². The van der Waals surface area contributed by atoms with E-state index in [-0.39, 0.29) is 23.2 Å². The molecule has 3 aromatic carbocycles. The molecule has 7 rings (SSSR count). The van der Waals surface area contributed by atoms with Gasteiger partial charge in [-0.3, -0.25) is 14.4 Å². The van der Waals surface area contributed by atoms with Crippen LogP contribution in [0.3, 0.4) is 0 Å². The molecule has 0 saturated carbocycles. The fraction of sp³-hybridized carbons (Fsp3) is 0.185. The molecule has 162 valence electrons. The van der Waals surface area contributed by atoms with Crippen LogP contribution in [0.2, 0.25) is 0 Å². The molecule has 33 heavy (non-hydrogen) atoms. The van der Waals surface area contributed by atoms with E-state index in [0.717, 1.165) is 27.2 Å². The number of rotatable bonds is 3. The zero-order valence-corrected chi connectivity index (χ0v) is 17.7. The third kappa shape index (κ3) is 2.22. The number of benzene rings is 3. The van der Waals surface area contributed by atoms with Crippen LogP contribution in [-0.2, 0) is 19.8 Å². The van der Waals surface area contributed by atoms with Gasteiger partial charge in [0.05, 0.1) is 28.5 Å². The van der Waals surface area contributed by atoms with Crippen LogP contribution < -0.4 is 4.90 Å². The number of nitrogens with zero attached hydrogens (tertiary/aromatic N) is 1. The predicted octanol–water partition coefficient (Wildman–Crippen LogP) is 3.52. The van der Waals surface area contributed by atoms with Crippen molar-refractivity contribution in [2.45, 2.75) is 18.3 Å². The Labute approximate surface area is 189 Å². The second-order valence-corrected chi connectivity index (χ2v) is 8.88. The number of hydrogen-bond donors (Lipinski definition) is 1. The van der Waals surface area contributed by atoms with Gasteiger partial charge in [0.25, 0.3) is 0 Å². The van der Waals surface area contributed by atoms with Crippen molar-refractivity contribution in [1.29, 1.82) is 0 Å². The summed E-state index contributed by atoms with van der Waals surface area (Å²) in [6, 6.07) is 20.9. The number of anilines is 1. The van der Waals surface area contributed by atoms with Crippen molar-refractivity contribution < 1.29 is 24.3 Å². The fourth-order valence-electron chi connectivity index (χ4n) is 6.38. The van der Waals surface area contributed by atoms with Crippen molar-refractivity contribution in [3.05, 3.63) is 101 Å².